The summed E-state index contributed by atoms with van der Waals surface area (Å²) >= 11 is 0. The van der Waals surface area contributed by atoms with Crippen molar-refractivity contribution in [1.29, 1.82) is 0 Å². The molecule has 1 aromatic carbocycles. The lowest BCUT2D eigenvalue weighted by molar-refractivity contribution is 0.191. The molecule has 2 heterocycles. The van der Waals surface area contributed by atoms with Crippen LogP contribution in [0.5, 0.6) is 0 Å². The van der Waals surface area contributed by atoms with Crippen LogP contribution in [0, 0.1) is 0 Å². The summed E-state index contributed by atoms with van der Waals surface area (Å²) in [5, 5.41) is 3.05. The predicted octanol–water partition coefficient (Wildman–Crippen LogP) is 3.83. The highest BCUT2D eigenvalue weighted by Gasteiger charge is 2.21. The lowest BCUT2D eigenvalue weighted by Crippen LogP contribution is -2.43. The van der Waals surface area contributed by atoms with Gasteiger partial charge in [-0.1, -0.05) is 43.5 Å². The van der Waals surface area contributed by atoms with Crippen molar-refractivity contribution < 1.29 is 4.79 Å². The van der Waals surface area contributed by atoms with Crippen LogP contribution in [0.1, 0.15) is 60.5 Å². The lowest BCUT2D eigenvalue weighted by atomic mass is 9.84. The third kappa shape index (κ3) is 4.46. The molecule has 0 atom stereocenters. The van der Waals surface area contributed by atoms with Crippen LogP contribution < -0.4 is 5.32 Å². The highest BCUT2D eigenvalue weighted by Crippen LogP contribution is 2.32. The van der Waals surface area contributed by atoms with E-state index in [1.54, 1.807) is 12.4 Å². The Morgan fingerprint density at radius 2 is 1.78 bits per heavy atom. The molecular weight excluding hydrogens is 336 g/mol. The van der Waals surface area contributed by atoms with Crippen molar-refractivity contribution in [3.05, 3.63) is 59.2 Å². The van der Waals surface area contributed by atoms with Crippen molar-refractivity contribution in [3.63, 3.8) is 0 Å². The van der Waals surface area contributed by atoms with Gasteiger partial charge in [0.2, 0.25) is 0 Å². The van der Waals surface area contributed by atoms with Gasteiger partial charge in [0.05, 0.1) is 17.9 Å². The zero-order chi connectivity index (χ0) is 18.5. The second kappa shape index (κ2) is 8.51. The van der Waals surface area contributed by atoms with Gasteiger partial charge in [0.25, 0.3) is 0 Å². The van der Waals surface area contributed by atoms with Crippen LogP contribution in [0.25, 0.3) is 0 Å². The van der Waals surface area contributed by atoms with Gasteiger partial charge < -0.3 is 10.2 Å². The fourth-order valence-corrected chi connectivity index (χ4v) is 4.23. The number of rotatable bonds is 4. The minimum absolute atomic E-state index is 0.00914. The molecule has 1 fully saturated rings. The molecule has 1 aliphatic carbocycles. The Labute approximate surface area is 161 Å². The number of fused-ring (bicyclic) bond motifs is 1. The maximum absolute atomic E-state index is 12.4. The Morgan fingerprint density at radius 3 is 2.56 bits per heavy atom. The highest BCUT2D eigenvalue weighted by molar-refractivity contribution is 5.74. The zero-order valence-corrected chi connectivity index (χ0v) is 15.9. The minimum atomic E-state index is -0.00914. The van der Waals surface area contributed by atoms with E-state index in [2.05, 4.69) is 39.6 Å². The standard InChI is InChI=1S/C22H28N4O/c27-22(26-15-11-20-21(16-26)24-14-13-23-20)25-12-10-17-6-8-19(9-7-17)18-4-2-1-3-5-18/h6-9,13-14,18H,1-5,10-12,15-16H2,(H,25,27). The quantitative estimate of drug-likeness (QED) is 0.897. The van der Waals surface area contributed by atoms with E-state index in [9.17, 15) is 4.79 Å². The van der Waals surface area contributed by atoms with Gasteiger partial charge in [-0.15, -0.1) is 0 Å². The summed E-state index contributed by atoms with van der Waals surface area (Å²) in [6, 6.07) is 9.01. The summed E-state index contributed by atoms with van der Waals surface area (Å²) in [4.78, 5) is 22.9. The van der Waals surface area contributed by atoms with E-state index in [-0.39, 0.29) is 6.03 Å². The Hall–Kier alpha value is -2.43. The van der Waals surface area contributed by atoms with E-state index >= 15 is 0 Å². The van der Waals surface area contributed by atoms with E-state index in [0.717, 1.165) is 30.1 Å². The first-order valence-electron chi connectivity index (χ1n) is 10.2. The smallest absolute Gasteiger partial charge is 0.317 e. The van der Waals surface area contributed by atoms with Gasteiger partial charge in [0.1, 0.15) is 0 Å². The SMILES string of the molecule is O=C(NCCc1ccc(C2CCCCC2)cc1)N1CCc2nccnc2C1. The molecule has 4 rings (SSSR count). The number of urea groups is 1. The first-order chi connectivity index (χ1) is 13.3. The molecule has 0 unspecified atom stereocenters. The average molecular weight is 364 g/mol. The molecule has 27 heavy (non-hydrogen) atoms. The number of benzene rings is 1. The van der Waals surface area contributed by atoms with E-state index in [0.29, 0.717) is 19.6 Å². The van der Waals surface area contributed by atoms with Crippen molar-refractivity contribution in [2.45, 2.75) is 57.4 Å². The fraction of sp³-hybridized carbons (Fsp3) is 0.500. The lowest BCUT2D eigenvalue weighted by Gasteiger charge is -2.27. The molecule has 0 saturated heterocycles. The second-order valence-corrected chi connectivity index (χ2v) is 7.68. The van der Waals surface area contributed by atoms with E-state index in [1.807, 2.05) is 4.90 Å². The summed E-state index contributed by atoms with van der Waals surface area (Å²) in [5.41, 5.74) is 4.69. The van der Waals surface area contributed by atoms with Crippen LogP contribution in [0.4, 0.5) is 4.79 Å². The molecule has 5 nitrogen and oxygen atoms in total. The third-order valence-electron chi connectivity index (χ3n) is 5.85. The van der Waals surface area contributed by atoms with Gasteiger partial charge in [0, 0.05) is 31.9 Å². The highest BCUT2D eigenvalue weighted by atomic mass is 16.2. The van der Waals surface area contributed by atoms with Gasteiger partial charge in [-0.2, -0.15) is 0 Å². The molecule has 1 N–H and O–H groups in total. The maximum Gasteiger partial charge on any atom is 0.317 e. The molecule has 0 radical (unpaired) electrons. The van der Waals surface area contributed by atoms with Crippen molar-refractivity contribution in [1.82, 2.24) is 20.2 Å². The molecule has 1 aliphatic heterocycles. The van der Waals surface area contributed by atoms with Gasteiger partial charge in [-0.25, -0.2) is 4.79 Å². The predicted molar refractivity (Wildman–Crippen MR) is 106 cm³/mol. The van der Waals surface area contributed by atoms with Crippen molar-refractivity contribution >= 4 is 6.03 Å². The van der Waals surface area contributed by atoms with Gasteiger partial charge in [-0.05, 0) is 36.3 Å². The molecule has 2 aromatic rings. The summed E-state index contributed by atoms with van der Waals surface area (Å²) < 4.78 is 0. The minimum Gasteiger partial charge on any atom is -0.338 e. The van der Waals surface area contributed by atoms with Crippen LogP contribution in [0.2, 0.25) is 0 Å². The number of hydrogen-bond donors (Lipinski definition) is 1. The van der Waals surface area contributed by atoms with Gasteiger partial charge in [-0.3, -0.25) is 9.97 Å². The number of carbonyl (C=O) groups excluding carboxylic acids is 1. The van der Waals surface area contributed by atoms with Crippen LogP contribution in [0.3, 0.4) is 0 Å². The molecule has 1 saturated carbocycles. The normalized spacial score (nSPS) is 17.4. The third-order valence-corrected chi connectivity index (χ3v) is 5.85. The molecule has 1 aromatic heterocycles. The van der Waals surface area contributed by atoms with Crippen LogP contribution in [-0.2, 0) is 19.4 Å². The maximum atomic E-state index is 12.4. The number of carbonyl (C=O) groups is 1. The number of hydrogen-bond acceptors (Lipinski definition) is 3. The van der Waals surface area contributed by atoms with Crippen molar-refractivity contribution in [2.24, 2.45) is 0 Å². The molecule has 5 heteroatoms. The Bertz CT molecular complexity index is 768. The number of nitrogens with one attached hydrogen (secondary N) is 1. The second-order valence-electron chi connectivity index (χ2n) is 7.68. The molecular formula is C22H28N4O. The van der Waals surface area contributed by atoms with Gasteiger partial charge >= 0.3 is 6.03 Å². The van der Waals surface area contributed by atoms with E-state index in [1.165, 1.54) is 43.2 Å². The fourth-order valence-electron chi connectivity index (χ4n) is 4.23. The van der Waals surface area contributed by atoms with Crippen LogP contribution in [0.15, 0.2) is 36.7 Å². The first-order valence-corrected chi connectivity index (χ1v) is 10.2. The molecule has 2 amide bonds. The van der Waals surface area contributed by atoms with Crippen molar-refractivity contribution in [2.75, 3.05) is 13.1 Å². The van der Waals surface area contributed by atoms with E-state index in [4.69, 9.17) is 0 Å². The Morgan fingerprint density at radius 1 is 1.04 bits per heavy atom. The summed E-state index contributed by atoms with van der Waals surface area (Å²) in [5.74, 6) is 0.748. The number of amides is 2. The molecule has 142 valence electrons. The van der Waals surface area contributed by atoms with E-state index < -0.39 is 0 Å². The number of nitrogens with zero attached hydrogens (tertiary/aromatic N) is 3. The van der Waals surface area contributed by atoms with Gasteiger partial charge in [0.15, 0.2) is 0 Å². The zero-order valence-electron chi connectivity index (χ0n) is 15.9. The Kier molecular flexibility index (Phi) is 5.66. The summed E-state index contributed by atoms with van der Waals surface area (Å²) in [7, 11) is 0. The van der Waals surface area contributed by atoms with Crippen LogP contribution in [-0.4, -0.2) is 34.0 Å². The largest absolute Gasteiger partial charge is 0.338 e. The average Bonchev–Trinajstić information content (AvgIpc) is 2.74. The molecule has 0 spiro atoms. The Balaban J connectivity index is 1.24. The molecule has 0 bridgehead atoms. The monoisotopic (exact) mass is 364 g/mol. The summed E-state index contributed by atoms with van der Waals surface area (Å²) in [6.07, 6.45) is 11.8. The molecule has 2 aliphatic rings. The first kappa shape index (κ1) is 18.0. The van der Waals surface area contributed by atoms with Crippen LogP contribution >= 0.6 is 0 Å². The summed E-state index contributed by atoms with van der Waals surface area (Å²) in [6.45, 7) is 1.91. The van der Waals surface area contributed by atoms with Crippen molar-refractivity contribution in [3.8, 4) is 0 Å². The topological polar surface area (TPSA) is 58.1 Å². The number of aromatic nitrogens is 2.